The number of hydrogen-bond donors (Lipinski definition) is 1. The number of aryl methyl sites for hydroxylation is 1. The van der Waals surface area contributed by atoms with E-state index in [4.69, 9.17) is 0 Å². The minimum atomic E-state index is -0.00450. The summed E-state index contributed by atoms with van der Waals surface area (Å²) in [5.74, 6) is 0.654. The van der Waals surface area contributed by atoms with Crippen LogP contribution in [0.4, 0.5) is 0 Å². The van der Waals surface area contributed by atoms with E-state index in [1.807, 2.05) is 18.3 Å². The number of allylic oxidation sites excluding steroid dienone is 2. The van der Waals surface area contributed by atoms with Gasteiger partial charge in [0, 0.05) is 29.0 Å². The molecule has 2 heterocycles. The Bertz CT molecular complexity index is 1090. The summed E-state index contributed by atoms with van der Waals surface area (Å²) >= 11 is 0. The lowest BCUT2D eigenvalue weighted by atomic mass is 9.67. The second-order valence-electron chi connectivity index (χ2n) is 9.02. The van der Waals surface area contributed by atoms with Crippen LogP contribution in [0.25, 0.3) is 5.57 Å². The van der Waals surface area contributed by atoms with Crippen molar-refractivity contribution >= 4 is 5.57 Å². The fourth-order valence-electron chi connectivity index (χ4n) is 3.98. The maximum Gasteiger partial charge on any atom is 0.178 e. The van der Waals surface area contributed by atoms with Crippen molar-refractivity contribution in [2.75, 3.05) is 0 Å². The summed E-state index contributed by atoms with van der Waals surface area (Å²) < 4.78 is 0. The Hall–Kier alpha value is -3.08. The molecule has 29 heavy (non-hydrogen) atoms. The Morgan fingerprint density at radius 3 is 2.31 bits per heavy atom. The highest BCUT2D eigenvalue weighted by molar-refractivity contribution is 5.79. The van der Waals surface area contributed by atoms with Gasteiger partial charge in [-0.05, 0) is 46.9 Å². The van der Waals surface area contributed by atoms with E-state index in [1.54, 1.807) is 0 Å². The third-order valence-corrected chi connectivity index (χ3v) is 5.88. The van der Waals surface area contributed by atoms with Crippen molar-refractivity contribution in [2.24, 2.45) is 0 Å². The van der Waals surface area contributed by atoms with E-state index in [-0.39, 0.29) is 10.8 Å². The molecule has 0 aliphatic heterocycles. The van der Waals surface area contributed by atoms with Crippen molar-refractivity contribution in [1.82, 2.24) is 25.6 Å². The van der Waals surface area contributed by atoms with Crippen LogP contribution in [0.15, 0.2) is 49.2 Å². The maximum absolute atomic E-state index is 4.65. The predicted molar refractivity (Wildman–Crippen MR) is 116 cm³/mol. The van der Waals surface area contributed by atoms with E-state index in [1.165, 1.54) is 16.7 Å². The van der Waals surface area contributed by atoms with Gasteiger partial charge in [-0.25, -0.2) is 0 Å². The third-order valence-electron chi connectivity index (χ3n) is 5.88. The number of H-pyrrole nitrogens is 1. The first kappa shape index (κ1) is 19.2. The van der Waals surface area contributed by atoms with E-state index >= 15 is 0 Å². The lowest BCUT2D eigenvalue weighted by Gasteiger charge is -2.37. The van der Waals surface area contributed by atoms with Gasteiger partial charge in [-0.3, -0.25) is 4.98 Å². The van der Waals surface area contributed by atoms with E-state index in [9.17, 15) is 0 Å². The number of nitrogens with one attached hydrogen (secondary N) is 1. The second-order valence-corrected chi connectivity index (χ2v) is 9.02. The van der Waals surface area contributed by atoms with Crippen LogP contribution in [-0.2, 0) is 17.3 Å². The van der Waals surface area contributed by atoms with Crippen LogP contribution in [0, 0.1) is 6.92 Å². The van der Waals surface area contributed by atoms with E-state index in [0.29, 0.717) is 12.2 Å². The summed E-state index contributed by atoms with van der Waals surface area (Å²) in [6, 6.07) is 8.71. The molecule has 0 amide bonds. The van der Waals surface area contributed by atoms with Gasteiger partial charge in [-0.1, -0.05) is 63.8 Å². The van der Waals surface area contributed by atoms with Crippen LogP contribution in [0.2, 0.25) is 0 Å². The van der Waals surface area contributed by atoms with Crippen molar-refractivity contribution in [3.63, 3.8) is 0 Å². The molecule has 0 radical (unpaired) electrons. The van der Waals surface area contributed by atoms with Crippen LogP contribution in [0.5, 0.6) is 0 Å². The van der Waals surface area contributed by atoms with Gasteiger partial charge in [0.2, 0.25) is 0 Å². The molecule has 1 aromatic carbocycles. The number of pyridine rings is 1. The number of rotatable bonds is 4. The molecule has 0 fully saturated rings. The minimum absolute atomic E-state index is 0.00450. The smallest absolute Gasteiger partial charge is 0.178 e. The molecule has 0 saturated carbocycles. The Morgan fingerprint density at radius 1 is 1.03 bits per heavy atom. The van der Waals surface area contributed by atoms with Crippen molar-refractivity contribution < 1.29 is 0 Å². The summed E-state index contributed by atoms with van der Waals surface area (Å²) in [4.78, 5) is 4.65. The molecule has 5 nitrogen and oxygen atoms in total. The molecule has 0 saturated heterocycles. The highest BCUT2D eigenvalue weighted by Crippen LogP contribution is 2.43. The normalized spacial score (nSPS) is 16.4. The zero-order valence-corrected chi connectivity index (χ0v) is 17.7. The quantitative estimate of drug-likeness (QED) is 0.662. The summed E-state index contributed by atoms with van der Waals surface area (Å²) in [5, 5.41) is 14.1. The number of aromatic nitrogens is 5. The minimum Gasteiger partial charge on any atom is -0.256 e. The Labute approximate surface area is 172 Å². The van der Waals surface area contributed by atoms with Gasteiger partial charge in [0.1, 0.15) is 0 Å². The molecule has 1 aliphatic rings. The van der Waals surface area contributed by atoms with Crippen LogP contribution in [0.1, 0.15) is 67.0 Å². The zero-order valence-electron chi connectivity index (χ0n) is 17.7. The second kappa shape index (κ2) is 6.76. The van der Waals surface area contributed by atoms with Crippen molar-refractivity contribution in [1.29, 1.82) is 0 Å². The molecule has 1 aliphatic carbocycles. The van der Waals surface area contributed by atoms with Crippen LogP contribution in [-0.4, -0.2) is 25.6 Å². The standard InChI is InChI=1S/C24H27N5/c1-15-11-19-20(24(5,6)10-9-23(19,3)4)13-18(15)16(2)21-8-7-17(14-25-21)12-22-26-28-29-27-22/h7-11,13-14H,2,12H2,1,3-6H3,(H,26,27,28,29). The monoisotopic (exact) mass is 385 g/mol. The molecule has 3 aromatic rings. The van der Waals surface area contributed by atoms with Crippen molar-refractivity contribution in [3.8, 4) is 0 Å². The van der Waals surface area contributed by atoms with Gasteiger partial charge in [-0.2, -0.15) is 5.21 Å². The maximum atomic E-state index is 4.65. The summed E-state index contributed by atoms with van der Waals surface area (Å²) in [6.07, 6.45) is 7.11. The fourth-order valence-corrected chi connectivity index (χ4v) is 3.98. The number of tetrazole rings is 1. The van der Waals surface area contributed by atoms with Gasteiger partial charge in [0.15, 0.2) is 5.82 Å². The topological polar surface area (TPSA) is 67.3 Å². The zero-order chi connectivity index (χ0) is 20.8. The van der Waals surface area contributed by atoms with E-state index in [0.717, 1.165) is 22.4 Å². The molecular formula is C24H27N5. The molecule has 5 heteroatoms. The predicted octanol–water partition coefficient (Wildman–Crippen LogP) is 4.68. The van der Waals surface area contributed by atoms with Gasteiger partial charge < -0.3 is 0 Å². The molecule has 2 aromatic heterocycles. The Morgan fingerprint density at radius 2 is 1.72 bits per heavy atom. The van der Waals surface area contributed by atoms with Gasteiger partial charge in [-0.15, -0.1) is 10.2 Å². The van der Waals surface area contributed by atoms with E-state index < -0.39 is 0 Å². The average Bonchev–Trinajstić information content (AvgIpc) is 3.18. The van der Waals surface area contributed by atoms with Gasteiger partial charge in [0.25, 0.3) is 0 Å². The van der Waals surface area contributed by atoms with Gasteiger partial charge >= 0.3 is 0 Å². The Kier molecular flexibility index (Phi) is 4.49. The van der Waals surface area contributed by atoms with E-state index in [2.05, 4.69) is 91.1 Å². The molecule has 4 rings (SSSR count). The summed E-state index contributed by atoms with van der Waals surface area (Å²) in [5.41, 5.74) is 8.03. The average molecular weight is 386 g/mol. The molecule has 1 N–H and O–H groups in total. The number of benzene rings is 1. The van der Waals surface area contributed by atoms with Gasteiger partial charge in [0.05, 0.1) is 5.69 Å². The number of nitrogens with zero attached hydrogens (tertiary/aromatic N) is 4. The number of hydrogen-bond acceptors (Lipinski definition) is 4. The first-order valence-electron chi connectivity index (χ1n) is 9.90. The van der Waals surface area contributed by atoms with Crippen LogP contribution in [0.3, 0.4) is 0 Å². The third kappa shape index (κ3) is 3.53. The molecule has 0 unspecified atom stereocenters. The molecule has 0 bridgehead atoms. The first-order valence-corrected chi connectivity index (χ1v) is 9.90. The lowest BCUT2D eigenvalue weighted by Crippen LogP contribution is -2.29. The molecular weight excluding hydrogens is 358 g/mol. The lowest BCUT2D eigenvalue weighted by molar-refractivity contribution is 0.562. The highest BCUT2D eigenvalue weighted by atomic mass is 15.5. The summed E-state index contributed by atoms with van der Waals surface area (Å²) in [6.45, 7) is 15.6. The fraction of sp³-hybridized carbons (Fsp3) is 0.333. The van der Waals surface area contributed by atoms with Crippen LogP contribution >= 0.6 is 0 Å². The Balaban J connectivity index is 1.68. The molecule has 0 atom stereocenters. The number of aromatic amines is 1. The highest BCUT2D eigenvalue weighted by Gasteiger charge is 2.33. The van der Waals surface area contributed by atoms with Crippen LogP contribution < -0.4 is 0 Å². The van der Waals surface area contributed by atoms with Crippen molar-refractivity contribution in [3.05, 3.63) is 88.5 Å². The molecule has 148 valence electrons. The number of fused-ring (bicyclic) bond motifs is 1. The largest absolute Gasteiger partial charge is 0.256 e. The SMILES string of the molecule is C=C(c1ccc(Cc2nn[nH]n2)cn1)c1cc2c(cc1C)C(C)(C)C=CC2(C)C. The van der Waals surface area contributed by atoms with Crippen molar-refractivity contribution in [2.45, 2.75) is 51.9 Å². The molecule has 0 spiro atoms. The first-order chi connectivity index (χ1) is 13.7. The summed E-state index contributed by atoms with van der Waals surface area (Å²) in [7, 11) is 0.